The highest BCUT2D eigenvalue weighted by atomic mass is 32.1. The van der Waals surface area contributed by atoms with Gasteiger partial charge < -0.3 is 24.8 Å². The molecule has 0 spiro atoms. The van der Waals surface area contributed by atoms with Crippen LogP contribution in [0, 0.1) is 17.1 Å². The molecule has 0 aliphatic carbocycles. The number of anilines is 2. The lowest BCUT2D eigenvalue weighted by Crippen LogP contribution is -2.44. The van der Waals surface area contributed by atoms with Crippen molar-refractivity contribution in [2.24, 2.45) is 5.73 Å². The summed E-state index contributed by atoms with van der Waals surface area (Å²) in [4.78, 5) is 31.8. The number of aromatic nitrogens is 1. The smallest absolute Gasteiger partial charge is 0.420 e. The zero-order valence-electron chi connectivity index (χ0n) is 24.5. The van der Waals surface area contributed by atoms with Crippen LogP contribution in [0.1, 0.15) is 67.9 Å². The first-order valence-electron chi connectivity index (χ1n) is 13.8. The fourth-order valence-corrected chi connectivity index (χ4v) is 5.08. The van der Waals surface area contributed by atoms with Crippen molar-refractivity contribution in [1.29, 1.82) is 5.26 Å². The van der Waals surface area contributed by atoms with Gasteiger partial charge in [0.1, 0.15) is 16.7 Å². The first kappa shape index (κ1) is 34.6. The van der Waals surface area contributed by atoms with Gasteiger partial charge in [-0.15, -0.1) is 0 Å². The summed E-state index contributed by atoms with van der Waals surface area (Å²) in [6, 6.07) is 4.25. The van der Waals surface area contributed by atoms with Crippen molar-refractivity contribution in [3.63, 3.8) is 0 Å². The molecule has 1 fully saturated rings. The summed E-state index contributed by atoms with van der Waals surface area (Å²) in [5.74, 6) is -3.60. The standard InChI is InChI=1S/C29H33F4N5O5S/c1-4-41-12-8-13-42-11-6-5-7-14-43-25-20(24(35)39)15-19(17-36-25)38-27(44)37(26(40)28(38,2)3)21-10-9-18(16-34)22(23(21)30)29(31,32)33/h9-10,15,17H,4-8,11-14H2,1-3H3,(H2,35,39). The number of carbonyl (C=O) groups excluding carboxylic acids is 2. The van der Waals surface area contributed by atoms with Crippen molar-refractivity contribution >= 4 is 40.5 Å². The van der Waals surface area contributed by atoms with E-state index in [1.165, 1.54) is 37.1 Å². The second kappa shape index (κ2) is 14.7. The quantitative estimate of drug-likeness (QED) is 0.160. The Labute approximate surface area is 257 Å². The van der Waals surface area contributed by atoms with Crippen molar-refractivity contribution < 1.29 is 41.4 Å². The fraction of sp³-hybridized carbons (Fsp3) is 0.483. The van der Waals surface area contributed by atoms with E-state index in [0.29, 0.717) is 37.7 Å². The van der Waals surface area contributed by atoms with E-state index >= 15 is 4.39 Å². The third kappa shape index (κ3) is 7.61. The second-order valence-electron chi connectivity index (χ2n) is 10.2. The number of unbranched alkanes of at least 4 members (excludes halogenated alkanes) is 2. The van der Waals surface area contributed by atoms with Crippen LogP contribution < -0.4 is 20.3 Å². The number of benzene rings is 1. The lowest BCUT2D eigenvalue weighted by molar-refractivity contribution is -0.140. The number of hydrogen-bond donors (Lipinski definition) is 1. The third-order valence-electron chi connectivity index (χ3n) is 6.75. The van der Waals surface area contributed by atoms with Gasteiger partial charge in [-0.25, -0.2) is 9.37 Å². The van der Waals surface area contributed by atoms with E-state index in [4.69, 9.17) is 37.4 Å². The number of nitriles is 1. The maximum Gasteiger partial charge on any atom is 0.420 e. The second-order valence-corrected chi connectivity index (χ2v) is 10.6. The van der Waals surface area contributed by atoms with E-state index in [9.17, 15) is 22.8 Å². The van der Waals surface area contributed by atoms with Gasteiger partial charge in [0.25, 0.3) is 11.8 Å². The van der Waals surface area contributed by atoms with Gasteiger partial charge in [-0.3, -0.25) is 14.5 Å². The molecular formula is C29H33F4N5O5S. The SMILES string of the molecule is CCOCCCOCCCCCOc1ncc(N2C(=S)N(c3ccc(C#N)c(C(F)(F)F)c3F)C(=O)C2(C)C)cc1C(N)=O. The average Bonchev–Trinajstić information content (AvgIpc) is 3.13. The minimum Gasteiger partial charge on any atom is -0.477 e. The first-order chi connectivity index (χ1) is 20.8. The minimum absolute atomic E-state index is 0.0486. The summed E-state index contributed by atoms with van der Waals surface area (Å²) in [7, 11) is 0. The van der Waals surface area contributed by atoms with Gasteiger partial charge in [0.05, 0.1) is 35.8 Å². The van der Waals surface area contributed by atoms with Gasteiger partial charge >= 0.3 is 6.18 Å². The van der Waals surface area contributed by atoms with Gasteiger partial charge in [-0.05, 0) is 76.9 Å². The number of nitrogens with zero attached hydrogens (tertiary/aromatic N) is 4. The number of amides is 2. The average molecular weight is 640 g/mol. The molecule has 238 valence electrons. The van der Waals surface area contributed by atoms with E-state index in [-0.39, 0.29) is 28.9 Å². The van der Waals surface area contributed by atoms with Crippen molar-refractivity contribution in [1.82, 2.24) is 4.98 Å². The molecule has 1 saturated heterocycles. The summed E-state index contributed by atoms with van der Waals surface area (Å²) in [5, 5.41) is 8.71. The molecule has 0 radical (unpaired) electrons. The van der Waals surface area contributed by atoms with Crippen LogP contribution in [-0.2, 0) is 20.4 Å². The van der Waals surface area contributed by atoms with E-state index in [0.717, 1.165) is 31.4 Å². The van der Waals surface area contributed by atoms with Crippen molar-refractivity contribution in [2.45, 2.75) is 58.2 Å². The number of primary amides is 1. The summed E-state index contributed by atoms with van der Waals surface area (Å²) < 4.78 is 72.6. The van der Waals surface area contributed by atoms with Crippen LogP contribution >= 0.6 is 12.2 Å². The molecule has 1 aromatic heterocycles. The molecule has 15 heteroatoms. The molecule has 1 aliphatic rings. The predicted molar refractivity (Wildman–Crippen MR) is 157 cm³/mol. The first-order valence-corrected chi connectivity index (χ1v) is 14.2. The highest BCUT2D eigenvalue weighted by Crippen LogP contribution is 2.42. The predicted octanol–water partition coefficient (Wildman–Crippen LogP) is 5.12. The van der Waals surface area contributed by atoms with Crippen molar-refractivity contribution in [3.05, 3.63) is 46.9 Å². The van der Waals surface area contributed by atoms with Crippen LogP contribution in [0.2, 0.25) is 0 Å². The van der Waals surface area contributed by atoms with Gasteiger partial charge in [-0.1, -0.05) is 0 Å². The zero-order valence-corrected chi connectivity index (χ0v) is 25.3. The van der Waals surface area contributed by atoms with Crippen LogP contribution in [0.3, 0.4) is 0 Å². The maximum atomic E-state index is 15.3. The molecule has 2 N–H and O–H groups in total. The summed E-state index contributed by atoms with van der Waals surface area (Å²) >= 11 is 5.43. The molecule has 0 atom stereocenters. The van der Waals surface area contributed by atoms with E-state index in [1.807, 2.05) is 6.92 Å². The normalized spacial score (nSPS) is 14.7. The Morgan fingerprint density at radius 2 is 1.77 bits per heavy atom. The molecule has 2 heterocycles. The lowest BCUT2D eigenvalue weighted by Gasteiger charge is -2.29. The number of pyridine rings is 1. The highest BCUT2D eigenvalue weighted by Gasteiger charge is 2.52. The van der Waals surface area contributed by atoms with Crippen LogP contribution in [0.15, 0.2) is 24.4 Å². The largest absolute Gasteiger partial charge is 0.477 e. The Balaban J connectivity index is 1.76. The zero-order chi connectivity index (χ0) is 32.7. The van der Waals surface area contributed by atoms with Gasteiger partial charge in [-0.2, -0.15) is 18.4 Å². The number of nitrogens with two attached hydrogens (primary N) is 1. The van der Waals surface area contributed by atoms with Crippen molar-refractivity contribution in [2.75, 3.05) is 42.8 Å². The Hall–Kier alpha value is -3.87. The fourth-order valence-electron chi connectivity index (χ4n) is 4.57. The van der Waals surface area contributed by atoms with Gasteiger partial charge in [0, 0.05) is 26.4 Å². The van der Waals surface area contributed by atoms with Crippen LogP contribution in [0.5, 0.6) is 5.88 Å². The number of rotatable bonds is 15. The number of alkyl halides is 3. The Bertz CT molecular complexity index is 1430. The molecule has 0 bridgehead atoms. The van der Waals surface area contributed by atoms with E-state index in [1.54, 1.807) is 0 Å². The number of hydrogen-bond acceptors (Lipinski definition) is 8. The molecule has 3 rings (SSSR count). The van der Waals surface area contributed by atoms with Crippen LogP contribution in [0.25, 0.3) is 0 Å². The Morgan fingerprint density at radius 3 is 2.41 bits per heavy atom. The van der Waals surface area contributed by atoms with Crippen molar-refractivity contribution in [3.8, 4) is 11.9 Å². The molecule has 1 aliphatic heterocycles. The van der Waals surface area contributed by atoms with Crippen LogP contribution in [0.4, 0.5) is 28.9 Å². The highest BCUT2D eigenvalue weighted by molar-refractivity contribution is 7.81. The summed E-state index contributed by atoms with van der Waals surface area (Å²) in [6.45, 7) is 7.55. The molecular weight excluding hydrogens is 606 g/mol. The summed E-state index contributed by atoms with van der Waals surface area (Å²) in [6.07, 6.45) is -0.871. The minimum atomic E-state index is -5.21. The lowest BCUT2D eigenvalue weighted by atomic mass is 10.0. The van der Waals surface area contributed by atoms with E-state index < -0.39 is 46.2 Å². The monoisotopic (exact) mass is 639 g/mol. The summed E-state index contributed by atoms with van der Waals surface area (Å²) in [5.41, 5.74) is 0.477. The van der Waals surface area contributed by atoms with Gasteiger partial charge in [0.15, 0.2) is 10.9 Å². The molecule has 1 aromatic carbocycles. The molecule has 44 heavy (non-hydrogen) atoms. The molecule has 2 aromatic rings. The molecule has 0 unspecified atom stereocenters. The number of ether oxygens (including phenoxy) is 3. The van der Waals surface area contributed by atoms with E-state index in [2.05, 4.69) is 4.98 Å². The Kier molecular flexibility index (Phi) is 11.6. The number of halogens is 4. The Morgan fingerprint density at radius 1 is 1.11 bits per heavy atom. The maximum absolute atomic E-state index is 15.3. The topological polar surface area (TPSA) is 131 Å². The molecule has 10 nitrogen and oxygen atoms in total. The number of thiocarbonyl (C=S) groups is 1. The third-order valence-corrected chi connectivity index (χ3v) is 7.11. The van der Waals surface area contributed by atoms with Crippen LogP contribution in [-0.4, -0.2) is 60.5 Å². The molecule has 2 amide bonds. The van der Waals surface area contributed by atoms with Gasteiger partial charge in [0.2, 0.25) is 5.88 Å². The molecule has 0 saturated carbocycles. The number of carbonyl (C=O) groups is 2.